The van der Waals surface area contributed by atoms with Gasteiger partial charge >= 0.3 is 0 Å². The molecule has 1 amide bonds. The number of rotatable bonds is 8. The molecule has 0 atom stereocenters. The number of carbonyl (C=O) groups excluding carboxylic acids is 1. The minimum Gasteiger partial charge on any atom is -0.493 e. The second-order valence-corrected chi connectivity index (χ2v) is 4.91. The number of ether oxygens (including phenoxy) is 3. The van der Waals surface area contributed by atoms with E-state index in [-0.39, 0.29) is 5.91 Å². The minimum atomic E-state index is -0.326. The Balaban J connectivity index is 2.02. The van der Waals surface area contributed by atoms with Gasteiger partial charge in [0.05, 0.1) is 20.4 Å². The molecule has 0 aliphatic heterocycles. The zero-order valence-electron chi connectivity index (χ0n) is 14.2. The Morgan fingerprint density at radius 2 is 1.92 bits per heavy atom. The molecular weight excluding hydrogens is 320 g/mol. The van der Waals surface area contributed by atoms with Crippen LogP contribution in [0.1, 0.15) is 15.9 Å². The molecule has 1 N–H and O–H groups in total. The van der Waals surface area contributed by atoms with Crippen LogP contribution in [0.4, 0.5) is 0 Å². The van der Waals surface area contributed by atoms with E-state index in [9.17, 15) is 4.79 Å². The van der Waals surface area contributed by atoms with E-state index in [2.05, 4.69) is 17.1 Å². The van der Waals surface area contributed by atoms with Crippen LogP contribution >= 0.6 is 0 Å². The van der Waals surface area contributed by atoms with Gasteiger partial charge in [0.15, 0.2) is 11.5 Å². The van der Waals surface area contributed by atoms with E-state index in [4.69, 9.17) is 14.2 Å². The third-order valence-corrected chi connectivity index (χ3v) is 3.29. The number of carbonyl (C=O) groups is 1. The van der Waals surface area contributed by atoms with Gasteiger partial charge in [-0.05, 0) is 36.4 Å². The summed E-state index contributed by atoms with van der Waals surface area (Å²) in [5, 5.41) is 3.97. The molecule has 0 heterocycles. The molecule has 6 nitrogen and oxygen atoms in total. The lowest BCUT2D eigenvalue weighted by atomic mass is 10.2. The minimum absolute atomic E-state index is 0.326. The Bertz CT molecular complexity index is 755. The van der Waals surface area contributed by atoms with Crippen LogP contribution < -0.4 is 19.6 Å². The zero-order valence-corrected chi connectivity index (χ0v) is 14.2. The van der Waals surface area contributed by atoms with Gasteiger partial charge in [-0.3, -0.25) is 4.79 Å². The Morgan fingerprint density at radius 1 is 1.16 bits per heavy atom. The van der Waals surface area contributed by atoms with E-state index >= 15 is 0 Å². The predicted octanol–water partition coefficient (Wildman–Crippen LogP) is 3.03. The summed E-state index contributed by atoms with van der Waals surface area (Å²) < 4.78 is 15.9. The number of para-hydroxylation sites is 1. The predicted molar refractivity (Wildman–Crippen MR) is 96.7 cm³/mol. The summed E-state index contributed by atoms with van der Waals surface area (Å²) in [6.07, 6.45) is 3.16. The van der Waals surface area contributed by atoms with Crippen molar-refractivity contribution < 1.29 is 19.0 Å². The van der Waals surface area contributed by atoms with Gasteiger partial charge in [-0.25, -0.2) is 5.43 Å². The third kappa shape index (κ3) is 4.84. The Hall–Kier alpha value is -3.28. The molecule has 0 bridgehead atoms. The van der Waals surface area contributed by atoms with Gasteiger partial charge < -0.3 is 14.2 Å². The number of amides is 1. The maximum Gasteiger partial charge on any atom is 0.271 e. The number of hydrogen-bond acceptors (Lipinski definition) is 5. The number of benzene rings is 2. The lowest BCUT2D eigenvalue weighted by Crippen LogP contribution is -2.17. The molecule has 0 saturated carbocycles. The van der Waals surface area contributed by atoms with Crippen LogP contribution in [-0.2, 0) is 0 Å². The lowest BCUT2D eigenvalue weighted by molar-refractivity contribution is 0.0955. The number of hydrazone groups is 1. The van der Waals surface area contributed by atoms with Crippen molar-refractivity contribution in [2.75, 3.05) is 20.8 Å². The molecule has 130 valence electrons. The van der Waals surface area contributed by atoms with Gasteiger partial charge in [0, 0.05) is 11.1 Å². The van der Waals surface area contributed by atoms with Gasteiger partial charge in [-0.2, -0.15) is 5.10 Å². The molecule has 6 heteroatoms. The van der Waals surface area contributed by atoms with Crippen molar-refractivity contribution in [3.8, 4) is 17.2 Å². The van der Waals surface area contributed by atoms with Crippen molar-refractivity contribution in [3.63, 3.8) is 0 Å². The normalized spacial score (nSPS) is 10.3. The van der Waals surface area contributed by atoms with Crippen LogP contribution in [0.5, 0.6) is 17.2 Å². The second kappa shape index (κ2) is 9.12. The van der Waals surface area contributed by atoms with Gasteiger partial charge in [0.2, 0.25) is 0 Å². The molecule has 0 aliphatic carbocycles. The van der Waals surface area contributed by atoms with Crippen LogP contribution in [0.15, 0.2) is 60.2 Å². The maximum atomic E-state index is 12.1. The fraction of sp³-hybridized carbons (Fsp3) is 0.158. The summed E-state index contributed by atoms with van der Waals surface area (Å²) in [6.45, 7) is 4.00. The molecule has 0 saturated heterocycles. The molecule has 2 aromatic rings. The highest BCUT2D eigenvalue weighted by atomic mass is 16.5. The zero-order chi connectivity index (χ0) is 18.1. The third-order valence-electron chi connectivity index (χ3n) is 3.29. The molecule has 0 aliphatic rings. The van der Waals surface area contributed by atoms with Crippen molar-refractivity contribution >= 4 is 12.1 Å². The second-order valence-electron chi connectivity index (χ2n) is 4.91. The monoisotopic (exact) mass is 340 g/mol. The highest BCUT2D eigenvalue weighted by Gasteiger charge is 2.08. The summed E-state index contributed by atoms with van der Waals surface area (Å²) in [5.74, 6) is 1.48. The molecule has 0 aromatic heterocycles. The summed E-state index contributed by atoms with van der Waals surface area (Å²) in [5.41, 5.74) is 3.64. The molecular formula is C19H20N2O4. The van der Waals surface area contributed by atoms with Crippen LogP contribution in [0.25, 0.3) is 0 Å². The summed E-state index contributed by atoms with van der Waals surface area (Å²) >= 11 is 0. The van der Waals surface area contributed by atoms with Gasteiger partial charge in [0.1, 0.15) is 12.4 Å². The van der Waals surface area contributed by atoms with Crippen LogP contribution in [0.2, 0.25) is 0 Å². The average molecular weight is 340 g/mol. The Morgan fingerprint density at radius 3 is 2.56 bits per heavy atom. The first-order valence-electron chi connectivity index (χ1n) is 7.57. The first kappa shape index (κ1) is 18.1. The van der Waals surface area contributed by atoms with Crippen molar-refractivity contribution in [1.82, 2.24) is 5.43 Å². The first-order chi connectivity index (χ1) is 12.2. The highest BCUT2D eigenvalue weighted by Crippen LogP contribution is 2.29. The van der Waals surface area contributed by atoms with Crippen molar-refractivity contribution in [3.05, 3.63) is 66.2 Å². The Labute approximate surface area is 146 Å². The summed E-state index contributed by atoms with van der Waals surface area (Å²) in [7, 11) is 3.10. The van der Waals surface area contributed by atoms with Crippen LogP contribution in [0, 0.1) is 0 Å². The SMILES string of the molecule is C=CCOc1ccc(C(=O)NN=Cc2cccc(OC)c2OC)cc1. The number of nitrogens with one attached hydrogen (secondary N) is 1. The molecule has 0 fully saturated rings. The van der Waals surface area contributed by atoms with Crippen molar-refractivity contribution in [1.29, 1.82) is 0 Å². The van der Waals surface area contributed by atoms with E-state index < -0.39 is 0 Å². The maximum absolute atomic E-state index is 12.1. The van der Waals surface area contributed by atoms with Gasteiger partial charge in [-0.15, -0.1) is 0 Å². The topological polar surface area (TPSA) is 69.2 Å². The van der Waals surface area contributed by atoms with E-state index in [1.807, 2.05) is 12.1 Å². The van der Waals surface area contributed by atoms with Gasteiger partial charge in [0.25, 0.3) is 5.91 Å². The largest absolute Gasteiger partial charge is 0.493 e. The summed E-state index contributed by atoms with van der Waals surface area (Å²) in [4.78, 5) is 12.1. The average Bonchev–Trinajstić information content (AvgIpc) is 2.66. The fourth-order valence-electron chi connectivity index (χ4n) is 2.10. The number of methoxy groups -OCH3 is 2. The van der Waals surface area contributed by atoms with Crippen molar-refractivity contribution in [2.24, 2.45) is 5.10 Å². The summed E-state index contributed by atoms with van der Waals surface area (Å²) in [6, 6.07) is 12.2. The first-order valence-corrected chi connectivity index (χ1v) is 7.57. The molecule has 0 spiro atoms. The highest BCUT2D eigenvalue weighted by molar-refractivity contribution is 5.95. The van der Waals surface area contributed by atoms with Crippen LogP contribution in [-0.4, -0.2) is 32.9 Å². The molecule has 0 unspecified atom stereocenters. The van der Waals surface area contributed by atoms with E-state index in [1.165, 1.54) is 6.21 Å². The number of hydrogen-bond donors (Lipinski definition) is 1. The molecule has 25 heavy (non-hydrogen) atoms. The standard InChI is InChI=1S/C19H20N2O4/c1-4-12-25-16-10-8-14(9-11-16)19(22)21-20-13-15-6-5-7-17(23-2)18(15)24-3/h4-11,13H,1,12H2,2-3H3,(H,21,22). The fourth-order valence-corrected chi connectivity index (χ4v) is 2.10. The molecule has 2 rings (SSSR count). The number of nitrogens with zero attached hydrogens (tertiary/aromatic N) is 1. The molecule has 0 radical (unpaired) electrons. The van der Waals surface area contributed by atoms with E-state index in [0.29, 0.717) is 35.0 Å². The smallest absolute Gasteiger partial charge is 0.271 e. The Kier molecular flexibility index (Phi) is 6.59. The van der Waals surface area contributed by atoms with Crippen molar-refractivity contribution in [2.45, 2.75) is 0 Å². The van der Waals surface area contributed by atoms with Gasteiger partial charge in [-0.1, -0.05) is 18.7 Å². The molecule has 2 aromatic carbocycles. The lowest BCUT2D eigenvalue weighted by Gasteiger charge is -2.09. The quantitative estimate of drug-likeness (QED) is 0.456. The van der Waals surface area contributed by atoms with E-state index in [0.717, 1.165) is 0 Å². The van der Waals surface area contributed by atoms with Crippen LogP contribution in [0.3, 0.4) is 0 Å². The van der Waals surface area contributed by atoms with E-state index in [1.54, 1.807) is 50.6 Å².